The summed E-state index contributed by atoms with van der Waals surface area (Å²) in [6, 6.07) is 4.41. The molecule has 1 aliphatic rings. The van der Waals surface area contributed by atoms with Gasteiger partial charge in [-0.2, -0.15) is 5.10 Å². The van der Waals surface area contributed by atoms with Crippen LogP contribution in [0.1, 0.15) is 12.5 Å². The van der Waals surface area contributed by atoms with Gasteiger partial charge in [0.1, 0.15) is 6.04 Å². The lowest BCUT2D eigenvalue weighted by atomic mass is 10.2. The SMILES string of the molecule is C[C@@H](Nc1n[nH]c(=O)[nH]c1=O)C(=O)NN=Cc1ccc2c(c1)OCO2. The first-order valence-corrected chi connectivity index (χ1v) is 7.21. The molecule has 0 radical (unpaired) electrons. The molecule has 25 heavy (non-hydrogen) atoms. The van der Waals surface area contributed by atoms with Gasteiger partial charge in [-0.1, -0.05) is 0 Å². The topological polar surface area (TPSA) is 151 Å². The van der Waals surface area contributed by atoms with Crippen molar-refractivity contribution in [1.82, 2.24) is 20.6 Å². The molecule has 0 fully saturated rings. The van der Waals surface area contributed by atoms with Gasteiger partial charge >= 0.3 is 5.69 Å². The molecule has 0 unspecified atom stereocenters. The number of carbonyl (C=O) groups is 1. The van der Waals surface area contributed by atoms with Crippen molar-refractivity contribution < 1.29 is 14.3 Å². The molecule has 2 heterocycles. The monoisotopic (exact) mass is 346 g/mol. The van der Waals surface area contributed by atoms with Crippen molar-refractivity contribution in [3.63, 3.8) is 0 Å². The summed E-state index contributed by atoms with van der Waals surface area (Å²) < 4.78 is 10.4. The van der Waals surface area contributed by atoms with E-state index in [0.29, 0.717) is 17.1 Å². The van der Waals surface area contributed by atoms with E-state index in [4.69, 9.17) is 9.47 Å². The van der Waals surface area contributed by atoms with E-state index in [1.165, 1.54) is 13.1 Å². The van der Waals surface area contributed by atoms with E-state index in [1.807, 2.05) is 4.98 Å². The average molecular weight is 346 g/mol. The summed E-state index contributed by atoms with van der Waals surface area (Å²) in [5.41, 5.74) is 1.58. The van der Waals surface area contributed by atoms with Gasteiger partial charge in [-0.25, -0.2) is 15.3 Å². The summed E-state index contributed by atoms with van der Waals surface area (Å²) in [6.07, 6.45) is 1.44. The Morgan fingerprint density at radius 2 is 2.16 bits per heavy atom. The molecule has 1 aromatic carbocycles. The molecule has 4 N–H and O–H groups in total. The molecule has 0 aliphatic carbocycles. The number of amides is 1. The molecule has 2 aromatic rings. The zero-order valence-corrected chi connectivity index (χ0v) is 13.0. The molecule has 11 heteroatoms. The quantitative estimate of drug-likeness (QED) is 0.406. The van der Waals surface area contributed by atoms with Gasteiger partial charge in [-0.05, 0) is 30.7 Å². The van der Waals surface area contributed by atoms with Crippen molar-refractivity contribution in [3.05, 3.63) is 44.6 Å². The summed E-state index contributed by atoms with van der Waals surface area (Å²) in [4.78, 5) is 36.4. The third-order valence-electron chi connectivity index (χ3n) is 3.24. The lowest BCUT2D eigenvalue weighted by Crippen LogP contribution is -2.38. The zero-order valence-electron chi connectivity index (χ0n) is 13.0. The molecular weight excluding hydrogens is 332 g/mol. The van der Waals surface area contributed by atoms with E-state index in [9.17, 15) is 14.4 Å². The number of nitrogens with one attached hydrogen (secondary N) is 4. The van der Waals surface area contributed by atoms with Crippen LogP contribution in [0.3, 0.4) is 0 Å². The maximum absolute atomic E-state index is 12.0. The Kier molecular flexibility index (Phi) is 4.46. The molecule has 3 rings (SSSR count). The number of hydrazone groups is 1. The maximum Gasteiger partial charge on any atom is 0.342 e. The summed E-state index contributed by atoms with van der Waals surface area (Å²) in [6.45, 7) is 1.69. The van der Waals surface area contributed by atoms with Crippen LogP contribution in [0.4, 0.5) is 5.82 Å². The molecule has 1 aromatic heterocycles. The van der Waals surface area contributed by atoms with Gasteiger partial charge in [0.15, 0.2) is 11.5 Å². The third-order valence-corrected chi connectivity index (χ3v) is 3.24. The first-order chi connectivity index (χ1) is 12.0. The van der Waals surface area contributed by atoms with E-state index < -0.39 is 23.2 Å². The summed E-state index contributed by atoms with van der Waals surface area (Å²) in [7, 11) is 0. The van der Waals surface area contributed by atoms with Crippen LogP contribution in [0.25, 0.3) is 0 Å². The normalized spacial score (nSPS) is 13.6. The first kappa shape index (κ1) is 16.2. The van der Waals surface area contributed by atoms with Gasteiger partial charge in [0.2, 0.25) is 12.6 Å². The molecule has 130 valence electrons. The average Bonchev–Trinajstić information content (AvgIpc) is 3.05. The second-order valence-electron chi connectivity index (χ2n) is 5.07. The number of ether oxygens (including phenoxy) is 2. The predicted molar refractivity (Wildman–Crippen MR) is 86.9 cm³/mol. The predicted octanol–water partition coefficient (Wildman–Crippen LogP) is -0.862. The van der Waals surface area contributed by atoms with Gasteiger partial charge in [-0.15, -0.1) is 5.10 Å². The fraction of sp³-hybridized carbons (Fsp3) is 0.214. The Bertz CT molecular complexity index is 934. The highest BCUT2D eigenvalue weighted by molar-refractivity contribution is 5.86. The number of carbonyl (C=O) groups excluding carboxylic acids is 1. The summed E-state index contributed by atoms with van der Waals surface area (Å²) in [5, 5.41) is 12.0. The minimum absolute atomic E-state index is 0.174. The molecule has 0 saturated carbocycles. The summed E-state index contributed by atoms with van der Waals surface area (Å²) in [5.74, 6) is 0.581. The zero-order chi connectivity index (χ0) is 17.8. The minimum atomic E-state index is -0.812. The number of H-pyrrole nitrogens is 2. The second-order valence-corrected chi connectivity index (χ2v) is 5.07. The van der Waals surface area contributed by atoms with Crippen LogP contribution in [0.5, 0.6) is 11.5 Å². The highest BCUT2D eigenvalue weighted by Crippen LogP contribution is 2.31. The van der Waals surface area contributed by atoms with Crippen molar-refractivity contribution >= 4 is 17.9 Å². The number of aromatic nitrogens is 3. The van der Waals surface area contributed by atoms with Crippen LogP contribution in [0.15, 0.2) is 32.9 Å². The van der Waals surface area contributed by atoms with Gasteiger partial charge in [0.25, 0.3) is 11.5 Å². The van der Waals surface area contributed by atoms with Gasteiger partial charge in [0.05, 0.1) is 6.21 Å². The Morgan fingerprint density at radius 1 is 1.36 bits per heavy atom. The second kappa shape index (κ2) is 6.86. The standard InChI is InChI=1S/C14H14N6O5/c1-7(16-11-13(22)17-14(23)20-18-11)12(21)19-15-5-8-2-3-9-10(4-8)25-6-24-9/h2-5,7H,6H2,1H3,(H,16,18)(H,19,21)(H2,17,20,22,23)/t7-/m1/s1. The van der Waals surface area contributed by atoms with Gasteiger partial charge in [0, 0.05) is 0 Å². The summed E-state index contributed by atoms with van der Waals surface area (Å²) >= 11 is 0. The van der Waals surface area contributed by atoms with Crippen LogP contribution < -0.4 is 31.5 Å². The number of aromatic amines is 2. The van der Waals surface area contributed by atoms with Crippen molar-refractivity contribution in [2.75, 3.05) is 12.1 Å². The lowest BCUT2D eigenvalue weighted by Gasteiger charge is -2.11. The number of rotatable bonds is 5. The van der Waals surface area contributed by atoms with Crippen LogP contribution in [0.2, 0.25) is 0 Å². The molecule has 1 atom stereocenters. The van der Waals surface area contributed by atoms with Crippen molar-refractivity contribution in [2.45, 2.75) is 13.0 Å². The molecule has 0 bridgehead atoms. The third kappa shape index (κ3) is 3.83. The first-order valence-electron chi connectivity index (χ1n) is 7.21. The maximum atomic E-state index is 12.0. The van der Waals surface area contributed by atoms with Crippen molar-refractivity contribution in [1.29, 1.82) is 0 Å². The van der Waals surface area contributed by atoms with Gasteiger partial charge in [-0.3, -0.25) is 14.6 Å². The van der Waals surface area contributed by atoms with Crippen molar-refractivity contribution in [3.8, 4) is 11.5 Å². The van der Waals surface area contributed by atoms with E-state index in [-0.39, 0.29) is 12.6 Å². The molecule has 0 spiro atoms. The number of benzene rings is 1. The molecular formula is C14H14N6O5. The van der Waals surface area contributed by atoms with Crippen LogP contribution in [-0.2, 0) is 4.79 Å². The van der Waals surface area contributed by atoms with E-state index in [2.05, 4.69) is 26.0 Å². The molecule has 1 amide bonds. The fourth-order valence-corrected chi connectivity index (χ4v) is 1.98. The minimum Gasteiger partial charge on any atom is -0.454 e. The van der Waals surface area contributed by atoms with Crippen LogP contribution in [-0.4, -0.2) is 40.1 Å². The highest BCUT2D eigenvalue weighted by Gasteiger charge is 2.15. The molecule has 0 saturated heterocycles. The Labute approximate surface area is 140 Å². The van der Waals surface area contributed by atoms with Crippen LogP contribution >= 0.6 is 0 Å². The van der Waals surface area contributed by atoms with E-state index in [0.717, 1.165) is 0 Å². The fourth-order valence-electron chi connectivity index (χ4n) is 1.98. The van der Waals surface area contributed by atoms with Crippen molar-refractivity contribution in [2.24, 2.45) is 5.10 Å². The largest absolute Gasteiger partial charge is 0.454 e. The number of nitrogens with zero attached hydrogens (tertiary/aromatic N) is 2. The number of fused-ring (bicyclic) bond motifs is 1. The number of hydrogen-bond donors (Lipinski definition) is 4. The van der Waals surface area contributed by atoms with E-state index >= 15 is 0 Å². The molecule has 11 nitrogen and oxygen atoms in total. The lowest BCUT2D eigenvalue weighted by molar-refractivity contribution is -0.121. The van der Waals surface area contributed by atoms with Gasteiger partial charge < -0.3 is 14.8 Å². The Balaban J connectivity index is 1.58. The Morgan fingerprint density at radius 3 is 2.96 bits per heavy atom. The molecule has 1 aliphatic heterocycles. The Hall–Kier alpha value is -3.63. The number of anilines is 1. The van der Waals surface area contributed by atoms with E-state index in [1.54, 1.807) is 18.2 Å². The number of hydrogen-bond acceptors (Lipinski definition) is 8. The van der Waals surface area contributed by atoms with Crippen LogP contribution in [0, 0.1) is 0 Å². The highest BCUT2D eigenvalue weighted by atomic mass is 16.7. The smallest absolute Gasteiger partial charge is 0.342 e.